The van der Waals surface area contributed by atoms with Crippen molar-refractivity contribution < 1.29 is 28.7 Å². The molecule has 0 unspecified atom stereocenters. The van der Waals surface area contributed by atoms with E-state index in [1.54, 1.807) is 25.1 Å². The van der Waals surface area contributed by atoms with Crippen LogP contribution in [-0.4, -0.2) is 54.4 Å². The predicted molar refractivity (Wildman–Crippen MR) is 91.5 cm³/mol. The Balaban J connectivity index is 2.10. The molecule has 8 heteroatoms. The largest absolute Gasteiger partial charge is 0.465 e. The Morgan fingerprint density at radius 1 is 1.23 bits per heavy atom. The molecule has 0 aliphatic carbocycles. The Kier molecular flexibility index (Phi) is 6.71. The molecule has 1 aromatic carbocycles. The van der Waals surface area contributed by atoms with E-state index in [4.69, 9.17) is 9.47 Å². The van der Waals surface area contributed by atoms with Crippen molar-refractivity contribution >= 4 is 23.8 Å². The van der Waals surface area contributed by atoms with Crippen LogP contribution < -0.4 is 10.1 Å². The smallest absolute Gasteiger partial charge is 0.325 e. The van der Waals surface area contributed by atoms with Crippen molar-refractivity contribution in [3.8, 4) is 5.75 Å². The quantitative estimate of drug-likeness (QED) is 0.596. The highest BCUT2D eigenvalue weighted by atomic mass is 16.5. The van der Waals surface area contributed by atoms with E-state index in [1.165, 1.54) is 17.9 Å². The summed E-state index contributed by atoms with van der Waals surface area (Å²) in [6.45, 7) is 3.33. The van der Waals surface area contributed by atoms with Crippen molar-refractivity contribution in [3.05, 3.63) is 29.8 Å². The number of nitrogens with zero attached hydrogens (tertiary/aromatic N) is 1. The molecule has 140 valence electrons. The van der Waals surface area contributed by atoms with Crippen LogP contribution in [0.1, 0.15) is 37.0 Å². The van der Waals surface area contributed by atoms with Gasteiger partial charge in [-0.25, -0.2) is 0 Å². The molecule has 1 aliphatic heterocycles. The van der Waals surface area contributed by atoms with E-state index in [-0.39, 0.29) is 24.5 Å². The van der Waals surface area contributed by atoms with E-state index in [2.05, 4.69) is 5.32 Å². The Labute approximate surface area is 151 Å². The number of ether oxygens (including phenoxy) is 2. The van der Waals surface area contributed by atoms with Crippen molar-refractivity contribution in [3.63, 3.8) is 0 Å². The zero-order chi connectivity index (χ0) is 19.1. The second kappa shape index (κ2) is 8.98. The van der Waals surface area contributed by atoms with Gasteiger partial charge in [0.1, 0.15) is 18.3 Å². The van der Waals surface area contributed by atoms with Gasteiger partial charge in [-0.2, -0.15) is 0 Å². The van der Waals surface area contributed by atoms with Gasteiger partial charge in [-0.1, -0.05) is 12.1 Å². The fraction of sp³-hybridized carbons (Fsp3) is 0.444. The lowest BCUT2D eigenvalue weighted by Crippen LogP contribution is -2.47. The Bertz CT molecular complexity index is 703. The first-order chi connectivity index (χ1) is 12.4. The van der Waals surface area contributed by atoms with Crippen molar-refractivity contribution in [2.45, 2.75) is 32.7 Å². The van der Waals surface area contributed by atoms with Crippen LogP contribution in [0.15, 0.2) is 24.3 Å². The third-order valence-electron chi connectivity index (χ3n) is 3.90. The molecule has 26 heavy (non-hydrogen) atoms. The highest BCUT2D eigenvalue weighted by Gasteiger charge is 2.35. The first kappa shape index (κ1) is 19.4. The van der Waals surface area contributed by atoms with Crippen LogP contribution in [0, 0.1) is 0 Å². The molecule has 1 fully saturated rings. The number of rotatable bonds is 6. The fourth-order valence-corrected chi connectivity index (χ4v) is 2.81. The van der Waals surface area contributed by atoms with Gasteiger partial charge in [0, 0.05) is 13.5 Å². The van der Waals surface area contributed by atoms with Gasteiger partial charge < -0.3 is 19.7 Å². The van der Waals surface area contributed by atoms with E-state index in [9.17, 15) is 19.2 Å². The molecular weight excluding hydrogens is 340 g/mol. The maximum Gasteiger partial charge on any atom is 0.325 e. The topological polar surface area (TPSA) is 102 Å². The molecule has 8 nitrogen and oxygen atoms in total. The molecule has 0 aromatic heterocycles. The summed E-state index contributed by atoms with van der Waals surface area (Å²) < 4.78 is 9.85. The molecule has 1 N–H and O–H groups in total. The second-order valence-electron chi connectivity index (χ2n) is 5.77. The highest BCUT2D eigenvalue weighted by molar-refractivity contribution is 6.00. The first-order valence-electron chi connectivity index (χ1n) is 8.45. The molecule has 0 spiro atoms. The van der Waals surface area contributed by atoms with Gasteiger partial charge >= 0.3 is 11.9 Å². The standard InChI is InChI=1S/C18H22N2O6/c1-3-25-16(22)11-19-17(23)14-8-6-10-20(14)18(24)13-7-4-5-9-15(13)26-12(2)21/h4-5,7,9,14H,3,6,8,10-11H2,1-2H3,(H,19,23)/t14-/m0/s1. The number of hydrogen-bond acceptors (Lipinski definition) is 6. The van der Waals surface area contributed by atoms with Gasteiger partial charge in [0.25, 0.3) is 5.91 Å². The number of benzene rings is 1. The molecule has 0 saturated carbocycles. The summed E-state index contributed by atoms with van der Waals surface area (Å²) in [4.78, 5) is 49.3. The minimum absolute atomic E-state index is 0.155. The van der Waals surface area contributed by atoms with Crippen molar-refractivity contribution in [2.75, 3.05) is 19.7 Å². The summed E-state index contributed by atoms with van der Waals surface area (Å²) >= 11 is 0. The van der Waals surface area contributed by atoms with Crippen molar-refractivity contribution in [1.29, 1.82) is 0 Å². The van der Waals surface area contributed by atoms with E-state index < -0.39 is 29.8 Å². The third-order valence-corrected chi connectivity index (χ3v) is 3.90. The zero-order valence-electron chi connectivity index (χ0n) is 14.8. The minimum atomic E-state index is -0.678. The summed E-state index contributed by atoms with van der Waals surface area (Å²) in [5.41, 5.74) is 0.216. The van der Waals surface area contributed by atoms with E-state index in [0.29, 0.717) is 19.4 Å². The van der Waals surface area contributed by atoms with Gasteiger partial charge in [0.2, 0.25) is 5.91 Å². The predicted octanol–water partition coefficient (Wildman–Crippen LogP) is 0.896. The van der Waals surface area contributed by atoms with E-state index in [1.807, 2.05) is 0 Å². The van der Waals surface area contributed by atoms with Crippen LogP contribution in [0.4, 0.5) is 0 Å². The number of para-hydroxylation sites is 1. The number of amides is 2. The molecule has 2 rings (SSSR count). The molecule has 1 aliphatic rings. The number of carbonyl (C=O) groups excluding carboxylic acids is 4. The Hall–Kier alpha value is -2.90. The average Bonchev–Trinajstić information content (AvgIpc) is 3.09. The van der Waals surface area contributed by atoms with Crippen LogP contribution in [0.5, 0.6) is 5.75 Å². The number of carbonyl (C=O) groups is 4. The SMILES string of the molecule is CCOC(=O)CNC(=O)[C@@H]1CCCN1C(=O)c1ccccc1OC(C)=O. The highest BCUT2D eigenvalue weighted by Crippen LogP contribution is 2.25. The van der Waals surface area contributed by atoms with Crippen LogP contribution >= 0.6 is 0 Å². The zero-order valence-corrected chi connectivity index (χ0v) is 14.8. The third kappa shape index (κ3) is 4.81. The molecule has 1 saturated heterocycles. The fourth-order valence-electron chi connectivity index (χ4n) is 2.81. The maximum absolute atomic E-state index is 12.9. The average molecular weight is 362 g/mol. The van der Waals surface area contributed by atoms with Gasteiger partial charge in [-0.3, -0.25) is 19.2 Å². The summed E-state index contributed by atoms with van der Waals surface area (Å²) in [5.74, 6) is -1.71. The lowest BCUT2D eigenvalue weighted by molar-refractivity contribution is -0.143. The van der Waals surface area contributed by atoms with E-state index >= 15 is 0 Å². The lowest BCUT2D eigenvalue weighted by Gasteiger charge is -2.24. The summed E-state index contributed by atoms with van der Waals surface area (Å²) in [7, 11) is 0. The van der Waals surface area contributed by atoms with Crippen LogP contribution in [0.25, 0.3) is 0 Å². The number of likely N-dealkylation sites (tertiary alicyclic amines) is 1. The molecule has 1 atom stereocenters. The van der Waals surface area contributed by atoms with E-state index in [0.717, 1.165) is 0 Å². The molecule has 0 radical (unpaired) electrons. The van der Waals surface area contributed by atoms with Crippen LogP contribution in [-0.2, 0) is 19.1 Å². The van der Waals surface area contributed by atoms with Gasteiger partial charge in [0.05, 0.1) is 12.2 Å². The summed E-state index contributed by atoms with van der Waals surface area (Å²) in [5, 5.41) is 2.50. The van der Waals surface area contributed by atoms with Gasteiger partial charge in [-0.05, 0) is 31.9 Å². The first-order valence-corrected chi connectivity index (χ1v) is 8.45. The number of nitrogens with one attached hydrogen (secondary N) is 1. The van der Waals surface area contributed by atoms with Crippen LogP contribution in [0.2, 0.25) is 0 Å². The van der Waals surface area contributed by atoms with Crippen molar-refractivity contribution in [1.82, 2.24) is 10.2 Å². The molecule has 1 heterocycles. The minimum Gasteiger partial charge on any atom is -0.465 e. The lowest BCUT2D eigenvalue weighted by atomic mass is 10.1. The van der Waals surface area contributed by atoms with Crippen molar-refractivity contribution in [2.24, 2.45) is 0 Å². The number of esters is 2. The van der Waals surface area contributed by atoms with Gasteiger partial charge in [0.15, 0.2) is 0 Å². The second-order valence-corrected chi connectivity index (χ2v) is 5.77. The monoisotopic (exact) mass is 362 g/mol. The molecular formula is C18H22N2O6. The Morgan fingerprint density at radius 3 is 2.65 bits per heavy atom. The molecule has 1 aromatic rings. The Morgan fingerprint density at radius 2 is 1.96 bits per heavy atom. The number of hydrogen-bond donors (Lipinski definition) is 1. The normalized spacial score (nSPS) is 16.1. The maximum atomic E-state index is 12.9. The summed E-state index contributed by atoms with van der Waals surface area (Å²) in [6, 6.07) is 5.71. The van der Waals surface area contributed by atoms with Crippen LogP contribution in [0.3, 0.4) is 0 Å². The summed E-state index contributed by atoms with van der Waals surface area (Å²) in [6.07, 6.45) is 1.16. The molecule has 2 amide bonds. The van der Waals surface area contributed by atoms with Gasteiger partial charge in [-0.15, -0.1) is 0 Å². The molecule has 0 bridgehead atoms.